The van der Waals surface area contributed by atoms with Crippen molar-refractivity contribution in [3.8, 4) is 0 Å². The molecule has 1 aliphatic rings. The summed E-state index contributed by atoms with van der Waals surface area (Å²) in [6, 6.07) is 10.3. The normalized spacial score (nSPS) is 23.9. The van der Waals surface area contributed by atoms with Crippen LogP contribution in [0.5, 0.6) is 0 Å². The first-order valence-electron chi connectivity index (χ1n) is 7.06. The number of ether oxygens (including phenoxy) is 2. The fourth-order valence-corrected chi connectivity index (χ4v) is 2.61. The van der Waals surface area contributed by atoms with Gasteiger partial charge in [-0.25, -0.2) is 0 Å². The largest absolute Gasteiger partial charge is 0.376 e. The van der Waals surface area contributed by atoms with E-state index in [4.69, 9.17) is 9.47 Å². The van der Waals surface area contributed by atoms with Gasteiger partial charge in [-0.1, -0.05) is 43.3 Å². The van der Waals surface area contributed by atoms with E-state index in [-0.39, 0.29) is 5.60 Å². The maximum atomic E-state index is 5.78. The number of benzene rings is 1. The Kier molecular flexibility index (Phi) is 4.78. The van der Waals surface area contributed by atoms with E-state index >= 15 is 0 Å². The minimum Gasteiger partial charge on any atom is -0.376 e. The summed E-state index contributed by atoms with van der Waals surface area (Å²) in [5.74, 6) is 0.532. The minimum atomic E-state index is -0.0984. The van der Waals surface area contributed by atoms with Crippen LogP contribution in [0.2, 0.25) is 0 Å². The molecule has 0 amide bonds. The number of hydrogen-bond donors (Lipinski definition) is 0. The van der Waals surface area contributed by atoms with Gasteiger partial charge in [-0.2, -0.15) is 0 Å². The van der Waals surface area contributed by atoms with Crippen LogP contribution in [0.25, 0.3) is 0 Å². The molecular formula is C17H24O2. The van der Waals surface area contributed by atoms with Gasteiger partial charge in [-0.05, 0) is 31.4 Å². The first kappa shape index (κ1) is 14.3. The zero-order valence-corrected chi connectivity index (χ0v) is 12.2. The predicted molar refractivity (Wildman–Crippen MR) is 78.0 cm³/mol. The molecule has 1 aliphatic heterocycles. The second-order valence-electron chi connectivity index (χ2n) is 5.71. The van der Waals surface area contributed by atoms with E-state index in [9.17, 15) is 0 Å². The summed E-state index contributed by atoms with van der Waals surface area (Å²) < 4.78 is 11.5. The molecule has 19 heavy (non-hydrogen) atoms. The van der Waals surface area contributed by atoms with Crippen molar-refractivity contribution in [2.24, 2.45) is 5.92 Å². The molecule has 1 aromatic carbocycles. The Morgan fingerprint density at radius 1 is 1.32 bits per heavy atom. The molecule has 1 aromatic rings. The number of hydrogen-bond acceptors (Lipinski definition) is 2. The Morgan fingerprint density at radius 3 is 2.68 bits per heavy atom. The average Bonchev–Trinajstić information content (AvgIpc) is 2.66. The van der Waals surface area contributed by atoms with Crippen molar-refractivity contribution in [3.63, 3.8) is 0 Å². The van der Waals surface area contributed by atoms with Gasteiger partial charge >= 0.3 is 0 Å². The fraction of sp³-hybridized carbons (Fsp3) is 0.529. The van der Waals surface area contributed by atoms with Gasteiger partial charge in [0.15, 0.2) is 0 Å². The maximum Gasteiger partial charge on any atom is 0.0839 e. The van der Waals surface area contributed by atoms with Crippen molar-refractivity contribution in [3.05, 3.63) is 47.5 Å². The molecule has 2 rings (SSSR count). The molecule has 0 radical (unpaired) electrons. The molecule has 0 spiro atoms. The van der Waals surface area contributed by atoms with Crippen LogP contribution >= 0.6 is 0 Å². The van der Waals surface area contributed by atoms with E-state index in [2.05, 4.69) is 39.0 Å². The van der Waals surface area contributed by atoms with Gasteiger partial charge in [-0.15, -0.1) is 0 Å². The summed E-state index contributed by atoms with van der Waals surface area (Å²) in [5.41, 5.74) is 2.54. The molecule has 1 fully saturated rings. The third-order valence-corrected chi connectivity index (χ3v) is 3.66. The van der Waals surface area contributed by atoms with Crippen LogP contribution in [0.15, 0.2) is 42.0 Å². The van der Waals surface area contributed by atoms with Crippen LogP contribution in [0.3, 0.4) is 0 Å². The molecular weight excluding hydrogens is 236 g/mol. The SMILES string of the molecule is C[C@@H]1COC(C)(C)/C1=C\CCOCc1ccccc1. The topological polar surface area (TPSA) is 18.5 Å². The van der Waals surface area contributed by atoms with Crippen LogP contribution in [0.1, 0.15) is 32.8 Å². The molecule has 0 unspecified atom stereocenters. The van der Waals surface area contributed by atoms with Gasteiger partial charge < -0.3 is 9.47 Å². The van der Waals surface area contributed by atoms with Gasteiger partial charge in [0.25, 0.3) is 0 Å². The third-order valence-electron chi connectivity index (χ3n) is 3.66. The van der Waals surface area contributed by atoms with E-state index < -0.39 is 0 Å². The van der Waals surface area contributed by atoms with E-state index in [0.29, 0.717) is 12.5 Å². The average molecular weight is 260 g/mol. The lowest BCUT2D eigenvalue weighted by molar-refractivity contribution is 0.0509. The fourth-order valence-electron chi connectivity index (χ4n) is 2.61. The van der Waals surface area contributed by atoms with Crippen molar-refractivity contribution in [2.75, 3.05) is 13.2 Å². The van der Waals surface area contributed by atoms with Gasteiger partial charge in [0, 0.05) is 5.92 Å². The molecule has 104 valence electrons. The van der Waals surface area contributed by atoms with E-state index in [1.807, 2.05) is 18.2 Å². The Hall–Kier alpha value is -1.12. The lowest BCUT2D eigenvalue weighted by atomic mass is 9.90. The molecule has 1 atom stereocenters. The van der Waals surface area contributed by atoms with E-state index in [1.54, 1.807) is 0 Å². The summed E-state index contributed by atoms with van der Waals surface area (Å²) in [6.45, 7) is 8.82. The Balaban J connectivity index is 1.74. The van der Waals surface area contributed by atoms with E-state index in [0.717, 1.165) is 19.6 Å². The zero-order chi connectivity index (χ0) is 13.7. The summed E-state index contributed by atoms with van der Waals surface area (Å²) in [6.07, 6.45) is 3.25. The van der Waals surface area contributed by atoms with Gasteiger partial charge in [0.05, 0.1) is 25.4 Å². The Labute approximate surface area is 116 Å². The molecule has 0 bridgehead atoms. The molecule has 2 nitrogen and oxygen atoms in total. The summed E-state index contributed by atoms with van der Waals surface area (Å²) >= 11 is 0. The summed E-state index contributed by atoms with van der Waals surface area (Å²) in [5, 5.41) is 0. The van der Waals surface area contributed by atoms with Crippen molar-refractivity contribution < 1.29 is 9.47 Å². The van der Waals surface area contributed by atoms with Gasteiger partial charge in [0.1, 0.15) is 0 Å². The molecule has 2 heteroatoms. The minimum absolute atomic E-state index is 0.0984. The Morgan fingerprint density at radius 2 is 2.05 bits per heavy atom. The second kappa shape index (κ2) is 6.36. The van der Waals surface area contributed by atoms with Crippen molar-refractivity contribution in [1.82, 2.24) is 0 Å². The van der Waals surface area contributed by atoms with Crippen LogP contribution in [0.4, 0.5) is 0 Å². The predicted octanol–water partition coefficient (Wildman–Crippen LogP) is 3.96. The van der Waals surface area contributed by atoms with Crippen LogP contribution in [-0.4, -0.2) is 18.8 Å². The van der Waals surface area contributed by atoms with Crippen LogP contribution in [0, 0.1) is 5.92 Å². The quantitative estimate of drug-likeness (QED) is 0.589. The van der Waals surface area contributed by atoms with Crippen molar-refractivity contribution in [2.45, 2.75) is 39.4 Å². The first-order chi connectivity index (χ1) is 9.09. The molecule has 0 N–H and O–H groups in total. The first-order valence-corrected chi connectivity index (χ1v) is 7.06. The zero-order valence-electron chi connectivity index (χ0n) is 12.2. The summed E-state index contributed by atoms with van der Waals surface area (Å²) in [7, 11) is 0. The molecule has 0 aliphatic carbocycles. The van der Waals surface area contributed by atoms with Gasteiger partial charge in [-0.3, -0.25) is 0 Å². The number of rotatable bonds is 5. The standard InChI is InChI=1S/C17H24O2/c1-14-12-19-17(2,3)16(14)10-7-11-18-13-15-8-5-4-6-9-15/h4-6,8-10,14H,7,11-13H2,1-3H3/b16-10-/t14-/m1/s1. The lowest BCUT2D eigenvalue weighted by Crippen LogP contribution is -2.20. The highest BCUT2D eigenvalue weighted by molar-refractivity contribution is 5.21. The molecule has 1 heterocycles. The van der Waals surface area contributed by atoms with Gasteiger partial charge in [0.2, 0.25) is 0 Å². The lowest BCUT2D eigenvalue weighted by Gasteiger charge is -2.20. The van der Waals surface area contributed by atoms with Crippen molar-refractivity contribution >= 4 is 0 Å². The smallest absolute Gasteiger partial charge is 0.0839 e. The maximum absolute atomic E-state index is 5.78. The van der Waals surface area contributed by atoms with Crippen LogP contribution in [-0.2, 0) is 16.1 Å². The van der Waals surface area contributed by atoms with E-state index in [1.165, 1.54) is 11.1 Å². The highest BCUT2D eigenvalue weighted by Crippen LogP contribution is 2.35. The highest BCUT2D eigenvalue weighted by atomic mass is 16.5. The monoisotopic (exact) mass is 260 g/mol. The highest BCUT2D eigenvalue weighted by Gasteiger charge is 2.34. The van der Waals surface area contributed by atoms with Crippen LogP contribution < -0.4 is 0 Å². The second-order valence-corrected chi connectivity index (χ2v) is 5.71. The summed E-state index contributed by atoms with van der Waals surface area (Å²) in [4.78, 5) is 0. The third kappa shape index (κ3) is 3.92. The Bertz CT molecular complexity index is 420. The van der Waals surface area contributed by atoms with Crippen molar-refractivity contribution in [1.29, 1.82) is 0 Å². The molecule has 0 aromatic heterocycles. The molecule has 1 saturated heterocycles. The molecule has 0 saturated carbocycles.